The van der Waals surface area contributed by atoms with E-state index in [1.54, 1.807) is 0 Å². The molecule has 7 nitrogen and oxygen atoms in total. The highest BCUT2D eigenvalue weighted by Crippen LogP contribution is 2.42. The topological polar surface area (TPSA) is 96.3 Å². The Hall–Kier alpha value is -0.460. The number of hydroxylamine groups is 2. The van der Waals surface area contributed by atoms with Crippen molar-refractivity contribution in [3.8, 4) is 0 Å². The first kappa shape index (κ1) is 19.5. The summed E-state index contributed by atoms with van der Waals surface area (Å²) in [6.07, 6.45) is 2.76. The van der Waals surface area contributed by atoms with Crippen molar-refractivity contribution in [2.45, 2.75) is 39.0 Å². The van der Waals surface area contributed by atoms with Gasteiger partial charge in [-0.15, -0.1) is 0 Å². The van der Waals surface area contributed by atoms with E-state index in [9.17, 15) is 14.3 Å². The minimum Gasteiger partial charge on any atom is -0.381 e. The summed E-state index contributed by atoms with van der Waals surface area (Å²) in [4.78, 5) is 20.6. The van der Waals surface area contributed by atoms with Crippen molar-refractivity contribution in [1.29, 1.82) is 0 Å². The Bertz CT molecular complexity index is 310. The number of unbranched alkanes of at least 4 members (excludes halogenated alkanes) is 1. The zero-order chi connectivity index (χ0) is 15.4. The molecular formula is C12H26NO6P. The van der Waals surface area contributed by atoms with E-state index >= 15 is 0 Å². The van der Waals surface area contributed by atoms with Gasteiger partial charge in [0.2, 0.25) is 5.91 Å². The van der Waals surface area contributed by atoms with Crippen LogP contribution in [0.5, 0.6) is 0 Å². The highest BCUT2D eigenvalue weighted by molar-refractivity contribution is 7.52. The maximum Gasteiger partial charge on any atom is 0.328 e. The molecule has 0 aromatic heterocycles. The molecule has 0 aromatic carbocycles. The summed E-state index contributed by atoms with van der Waals surface area (Å²) in [6.45, 7) is 3.44. The molecule has 0 saturated heterocycles. The van der Waals surface area contributed by atoms with Gasteiger partial charge in [0.15, 0.2) is 0 Å². The van der Waals surface area contributed by atoms with Crippen molar-refractivity contribution < 1.29 is 28.7 Å². The van der Waals surface area contributed by atoms with E-state index in [-0.39, 0.29) is 25.6 Å². The molecule has 0 aliphatic carbocycles. The summed E-state index contributed by atoms with van der Waals surface area (Å²) >= 11 is 0. The molecule has 1 amide bonds. The number of rotatable bonds is 12. The zero-order valence-corrected chi connectivity index (χ0v) is 13.2. The Morgan fingerprint density at radius 3 is 2.45 bits per heavy atom. The molecule has 0 aliphatic heterocycles. The lowest BCUT2D eigenvalue weighted by Gasteiger charge is -2.13. The fourth-order valence-electron chi connectivity index (χ4n) is 1.37. The van der Waals surface area contributed by atoms with Crippen LogP contribution < -0.4 is 0 Å². The first-order valence-corrected chi connectivity index (χ1v) is 8.65. The second-order valence-corrected chi connectivity index (χ2v) is 6.51. The molecule has 120 valence electrons. The standard InChI is InChI=1S/C12H26NO6P/c1-3-4-8-18-9-6-10-19-20(16,17)11-5-7-12(14)13(2)15/h15H,3-11H2,1-2H3,(H,16,17). The van der Waals surface area contributed by atoms with Crippen molar-refractivity contribution in [2.75, 3.05) is 33.0 Å². The van der Waals surface area contributed by atoms with Crippen LogP contribution in [-0.2, 0) is 18.6 Å². The molecule has 0 bridgehead atoms. The van der Waals surface area contributed by atoms with Gasteiger partial charge in [-0.3, -0.25) is 14.6 Å². The summed E-state index contributed by atoms with van der Waals surface area (Å²) in [6, 6.07) is 0. The van der Waals surface area contributed by atoms with Crippen LogP contribution in [0.1, 0.15) is 39.0 Å². The molecule has 0 aliphatic rings. The third-order valence-corrected chi connectivity index (χ3v) is 4.03. The van der Waals surface area contributed by atoms with Gasteiger partial charge < -0.3 is 14.2 Å². The lowest BCUT2D eigenvalue weighted by Crippen LogP contribution is -2.22. The predicted octanol–water partition coefficient (Wildman–Crippen LogP) is 2.02. The van der Waals surface area contributed by atoms with Crippen LogP contribution in [0.2, 0.25) is 0 Å². The van der Waals surface area contributed by atoms with E-state index < -0.39 is 13.5 Å². The number of nitrogens with zero attached hydrogens (tertiary/aromatic N) is 1. The van der Waals surface area contributed by atoms with E-state index in [0.29, 0.717) is 24.7 Å². The largest absolute Gasteiger partial charge is 0.381 e. The van der Waals surface area contributed by atoms with E-state index in [2.05, 4.69) is 6.92 Å². The first-order chi connectivity index (χ1) is 9.39. The van der Waals surface area contributed by atoms with Crippen LogP contribution >= 0.6 is 7.60 Å². The van der Waals surface area contributed by atoms with Crippen molar-refractivity contribution in [1.82, 2.24) is 5.06 Å². The van der Waals surface area contributed by atoms with Gasteiger partial charge in [-0.25, -0.2) is 5.06 Å². The van der Waals surface area contributed by atoms with Crippen LogP contribution in [-0.4, -0.2) is 54.1 Å². The Morgan fingerprint density at radius 1 is 1.20 bits per heavy atom. The van der Waals surface area contributed by atoms with E-state index in [4.69, 9.17) is 14.5 Å². The van der Waals surface area contributed by atoms with Crippen LogP contribution in [0, 0.1) is 0 Å². The van der Waals surface area contributed by atoms with Gasteiger partial charge in [0.1, 0.15) is 0 Å². The molecule has 0 radical (unpaired) electrons. The highest BCUT2D eigenvalue weighted by Gasteiger charge is 2.19. The molecule has 0 rings (SSSR count). The summed E-state index contributed by atoms with van der Waals surface area (Å²) < 4.78 is 21.8. The summed E-state index contributed by atoms with van der Waals surface area (Å²) in [7, 11) is -2.43. The Labute approximate surface area is 120 Å². The van der Waals surface area contributed by atoms with Crippen LogP contribution in [0.25, 0.3) is 0 Å². The predicted molar refractivity (Wildman–Crippen MR) is 74.8 cm³/mol. The van der Waals surface area contributed by atoms with Crippen LogP contribution in [0.4, 0.5) is 0 Å². The Kier molecular flexibility index (Phi) is 11.0. The monoisotopic (exact) mass is 311 g/mol. The molecule has 0 fully saturated rings. The molecule has 2 N–H and O–H groups in total. The fraction of sp³-hybridized carbons (Fsp3) is 0.917. The maximum absolute atomic E-state index is 11.6. The minimum atomic E-state index is -3.65. The van der Waals surface area contributed by atoms with Gasteiger partial charge in [-0.1, -0.05) is 13.3 Å². The second kappa shape index (κ2) is 11.2. The van der Waals surface area contributed by atoms with E-state index in [1.807, 2.05) is 0 Å². The van der Waals surface area contributed by atoms with Gasteiger partial charge in [-0.2, -0.15) is 0 Å². The Morgan fingerprint density at radius 2 is 1.85 bits per heavy atom. The number of carbonyl (C=O) groups is 1. The van der Waals surface area contributed by atoms with Crippen molar-refractivity contribution in [3.05, 3.63) is 0 Å². The van der Waals surface area contributed by atoms with Gasteiger partial charge in [0.05, 0.1) is 12.8 Å². The van der Waals surface area contributed by atoms with E-state index in [0.717, 1.165) is 12.8 Å². The van der Waals surface area contributed by atoms with Crippen molar-refractivity contribution >= 4 is 13.5 Å². The SMILES string of the molecule is CCCCOCCCOP(=O)(O)CCCC(=O)N(C)O. The summed E-state index contributed by atoms with van der Waals surface area (Å²) in [5.74, 6) is -0.491. The van der Waals surface area contributed by atoms with Crippen LogP contribution in [0.15, 0.2) is 0 Å². The molecule has 8 heteroatoms. The zero-order valence-electron chi connectivity index (χ0n) is 12.3. The molecule has 20 heavy (non-hydrogen) atoms. The average molecular weight is 311 g/mol. The molecule has 0 heterocycles. The van der Waals surface area contributed by atoms with Gasteiger partial charge in [0, 0.05) is 26.7 Å². The number of carbonyl (C=O) groups excluding carboxylic acids is 1. The molecule has 0 spiro atoms. The number of hydrogen-bond acceptors (Lipinski definition) is 5. The minimum absolute atomic E-state index is 0.0149. The average Bonchev–Trinajstić information content (AvgIpc) is 2.37. The van der Waals surface area contributed by atoms with Gasteiger partial charge in [-0.05, 0) is 19.3 Å². The second-order valence-electron chi connectivity index (χ2n) is 4.53. The number of ether oxygens (including phenoxy) is 1. The first-order valence-electron chi connectivity index (χ1n) is 6.88. The number of hydrogen-bond donors (Lipinski definition) is 2. The third-order valence-electron chi connectivity index (χ3n) is 2.56. The van der Waals surface area contributed by atoms with Gasteiger partial charge >= 0.3 is 7.60 Å². The lowest BCUT2D eigenvalue weighted by molar-refractivity contribution is -0.159. The quantitative estimate of drug-likeness (QED) is 0.248. The molecule has 1 atom stereocenters. The number of amides is 1. The maximum atomic E-state index is 11.6. The van der Waals surface area contributed by atoms with E-state index in [1.165, 1.54) is 7.05 Å². The molecular weight excluding hydrogens is 285 g/mol. The third kappa shape index (κ3) is 11.4. The highest BCUT2D eigenvalue weighted by atomic mass is 31.2. The summed E-state index contributed by atoms with van der Waals surface area (Å²) in [5, 5.41) is 9.29. The lowest BCUT2D eigenvalue weighted by atomic mass is 10.3. The summed E-state index contributed by atoms with van der Waals surface area (Å²) in [5.41, 5.74) is 0. The van der Waals surface area contributed by atoms with Crippen LogP contribution in [0.3, 0.4) is 0 Å². The fourth-order valence-corrected chi connectivity index (χ4v) is 2.47. The molecule has 0 aromatic rings. The molecule has 0 saturated carbocycles. The Balaban J connectivity index is 3.59. The molecule has 1 unspecified atom stereocenters. The van der Waals surface area contributed by atoms with Crippen molar-refractivity contribution in [2.24, 2.45) is 0 Å². The normalized spacial score (nSPS) is 14.0. The van der Waals surface area contributed by atoms with Crippen molar-refractivity contribution in [3.63, 3.8) is 0 Å². The van der Waals surface area contributed by atoms with Gasteiger partial charge in [0.25, 0.3) is 0 Å². The smallest absolute Gasteiger partial charge is 0.328 e.